The highest BCUT2D eigenvalue weighted by atomic mass is 16.5. The first-order valence-corrected chi connectivity index (χ1v) is 9.06. The molecule has 2 aliphatic rings. The van der Waals surface area contributed by atoms with Crippen LogP contribution >= 0.6 is 0 Å². The zero-order valence-corrected chi connectivity index (χ0v) is 14.9. The van der Waals surface area contributed by atoms with Crippen molar-refractivity contribution < 1.29 is 19.4 Å². The van der Waals surface area contributed by atoms with Crippen LogP contribution in [0.25, 0.3) is 11.1 Å². The van der Waals surface area contributed by atoms with Crippen molar-refractivity contribution in [2.45, 2.75) is 24.8 Å². The molecule has 1 amide bonds. The molecule has 0 aliphatic heterocycles. The van der Waals surface area contributed by atoms with Gasteiger partial charge in [-0.25, -0.2) is 9.59 Å². The summed E-state index contributed by atoms with van der Waals surface area (Å²) in [6.45, 7) is 4.00. The van der Waals surface area contributed by atoms with Gasteiger partial charge in [-0.3, -0.25) is 0 Å². The first-order chi connectivity index (χ1) is 13.0. The van der Waals surface area contributed by atoms with E-state index in [1.165, 1.54) is 0 Å². The number of allylic oxidation sites excluding steroid dienone is 1. The molecule has 0 saturated heterocycles. The Morgan fingerprint density at radius 2 is 1.67 bits per heavy atom. The lowest BCUT2D eigenvalue weighted by molar-refractivity contribution is -0.139. The fraction of sp³-hybridized carbons (Fsp3) is 0.273. The van der Waals surface area contributed by atoms with Crippen molar-refractivity contribution in [1.82, 2.24) is 5.32 Å². The summed E-state index contributed by atoms with van der Waals surface area (Å²) in [7, 11) is 0. The maximum Gasteiger partial charge on any atom is 0.407 e. The van der Waals surface area contributed by atoms with Gasteiger partial charge in [0.25, 0.3) is 0 Å². The number of amides is 1. The van der Waals surface area contributed by atoms with Crippen molar-refractivity contribution >= 4 is 12.1 Å². The fourth-order valence-corrected chi connectivity index (χ4v) is 3.80. The molecule has 0 bridgehead atoms. The number of hydrogen-bond acceptors (Lipinski definition) is 3. The average molecular weight is 363 g/mol. The van der Waals surface area contributed by atoms with Crippen LogP contribution in [0.2, 0.25) is 0 Å². The predicted octanol–water partition coefficient (Wildman–Crippen LogP) is 3.94. The van der Waals surface area contributed by atoms with E-state index in [1.54, 1.807) is 0 Å². The highest BCUT2D eigenvalue weighted by molar-refractivity contribution is 5.81. The monoisotopic (exact) mass is 363 g/mol. The van der Waals surface area contributed by atoms with Crippen molar-refractivity contribution in [2.24, 2.45) is 5.92 Å². The van der Waals surface area contributed by atoms with E-state index in [0.29, 0.717) is 6.42 Å². The van der Waals surface area contributed by atoms with Gasteiger partial charge >= 0.3 is 12.1 Å². The van der Waals surface area contributed by atoms with E-state index in [2.05, 4.69) is 24.0 Å². The molecule has 2 aromatic carbocycles. The van der Waals surface area contributed by atoms with Crippen LogP contribution < -0.4 is 5.32 Å². The SMILES string of the molecule is C=C1C[C@@H]1C[C@H](NC(=O)OCC1c2ccccc2-c2ccccc21)C(=O)O. The summed E-state index contributed by atoms with van der Waals surface area (Å²) in [5.74, 6) is -0.919. The smallest absolute Gasteiger partial charge is 0.407 e. The maximum absolute atomic E-state index is 12.2. The van der Waals surface area contributed by atoms with Crippen molar-refractivity contribution in [1.29, 1.82) is 0 Å². The molecule has 0 aromatic heterocycles. The van der Waals surface area contributed by atoms with Crippen molar-refractivity contribution in [3.8, 4) is 11.1 Å². The van der Waals surface area contributed by atoms with Crippen LogP contribution in [0.15, 0.2) is 60.7 Å². The molecule has 1 fully saturated rings. The zero-order chi connectivity index (χ0) is 19.0. The molecule has 27 heavy (non-hydrogen) atoms. The van der Waals surface area contributed by atoms with Crippen LogP contribution in [0, 0.1) is 5.92 Å². The Bertz CT molecular complexity index is 875. The Balaban J connectivity index is 1.43. The minimum absolute atomic E-state index is 0.0466. The number of rotatable bonds is 6. The number of carbonyl (C=O) groups is 2. The zero-order valence-electron chi connectivity index (χ0n) is 14.9. The summed E-state index contributed by atoms with van der Waals surface area (Å²) in [6, 6.07) is 15.2. The molecule has 5 nitrogen and oxygen atoms in total. The van der Waals surface area contributed by atoms with Crippen molar-refractivity contribution in [3.05, 3.63) is 71.8 Å². The van der Waals surface area contributed by atoms with Gasteiger partial charge < -0.3 is 15.2 Å². The largest absolute Gasteiger partial charge is 0.480 e. The number of nitrogens with one attached hydrogen (secondary N) is 1. The molecule has 1 saturated carbocycles. The van der Waals surface area contributed by atoms with E-state index in [9.17, 15) is 14.7 Å². The average Bonchev–Trinajstić information content (AvgIpc) is 3.26. The van der Waals surface area contributed by atoms with Crippen LogP contribution in [0.1, 0.15) is 29.9 Å². The molecule has 4 rings (SSSR count). The molecule has 138 valence electrons. The van der Waals surface area contributed by atoms with E-state index in [0.717, 1.165) is 34.2 Å². The summed E-state index contributed by atoms with van der Waals surface area (Å²) in [5, 5.41) is 11.8. The number of alkyl carbamates (subject to hydrolysis) is 1. The van der Waals surface area contributed by atoms with Crippen molar-refractivity contribution in [3.63, 3.8) is 0 Å². The number of fused-ring (bicyclic) bond motifs is 3. The first-order valence-electron chi connectivity index (χ1n) is 9.06. The number of benzene rings is 2. The first kappa shape index (κ1) is 17.3. The number of ether oxygens (including phenoxy) is 1. The topological polar surface area (TPSA) is 75.6 Å². The quantitative estimate of drug-likeness (QED) is 0.762. The lowest BCUT2D eigenvalue weighted by Gasteiger charge is -2.17. The van der Waals surface area contributed by atoms with Gasteiger partial charge in [-0.05, 0) is 41.0 Å². The predicted molar refractivity (Wildman–Crippen MR) is 101 cm³/mol. The number of aliphatic carboxylic acids is 1. The standard InChI is InChI=1S/C22H21NO4/c1-13-10-14(13)11-20(21(24)25)23-22(26)27-12-19-17-8-4-2-6-15(17)16-7-3-5-9-18(16)19/h2-9,14,19-20H,1,10-12H2,(H,23,26)(H,24,25)/t14-,20+/m1/s1. The fourth-order valence-electron chi connectivity index (χ4n) is 3.80. The normalized spacial score (nSPS) is 18.4. The van der Waals surface area contributed by atoms with Crippen LogP contribution in [0.3, 0.4) is 0 Å². The van der Waals surface area contributed by atoms with Gasteiger partial charge in [-0.15, -0.1) is 0 Å². The number of carbonyl (C=O) groups excluding carboxylic acids is 1. The second-order valence-corrected chi connectivity index (χ2v) is 7.16. The highest BCUT2D eigenvalue weighted by Gasteiger charge is 2.34. The third kappa shape index (κ3) is 3.45. The minimum atomic E-state index is -1.05. The molecule has 0 radical (unpaired) electrons. The number of carboxylic acids is 1. The molecule has 2 aliphatic carbocycles. The molecular weight excluding hydrogens is 342 g/mol. The van der Waals surface area contributed by atoms with Crippen molar-refractivity contribution in [2.75, 3.05) is 6.61 Å². The van der Waals surface area contributed by atoms with E-state index in [1.807, 2.05) is 36.4 Å². The third-order valence-corrected chi connectivity index (χ3v) is 5.38. The van der Waals surface area contributed by atoms with Gasteiger partial charge in [-0.2, -0.15) is 0 Å². The molecule has 0 spiro atoms. The van der Waals surface area contributed by atoms with E-state index in [-0.39, 0.29) is 18.4 Å². The van der Waals surface area contributed by atoms with Gasteiger partial charge in [-0.1, -0.05) is 60.7 Å². The summed E-state index contributed by atoms with van der Waals surface area (Å²) in [4.78, 5) is 23.6. The van der Waals surface area contributed by atoms with Gasteiger partial charge in [0.1, 0.15) is 12.6 Å². The van der Waals surface area contributed by atoms with Gasteiger partial charge in [0.15, 0.2) is 0 Å². The van der Waals surface area contributed by atoms with E-state index < -0.39 is 18.1 Å². The Hall–Kier alpha value is -3.08. The molecule has 0 unspecified atom stereocenters. The lowest BCUT2D eigenvalue weighted by Crippen LogP contribution is -2.41. The summed E-state index contributed by atoms with van der Waals surface area (Å²) in [5.41, 5.74) is 5.58. The molecule has 2 atom stereocenters. The number of hydrogen-bond donors (Lipinski definition) is 2. The summed E-state index contributed by atoms with van der Waals surface area (Å²) >= 11 is 0. The summed E-state index contributed by atoms with van der Waals surface area (Å²) in [6.07, 6.45) is 0.490. The lowest BCUT2D eigenvalue weighted by atomic mass is 9.98. The van der Waals surface area contributed by atoms with Gasteiger partial charge in [0.2, 0.25) is 0 Å². The maximum atomic E-state index is 12.2. The Kier molecular flexibility index (Phi) is 4.44. The van der Waals surface area contributed by atoms with Gasteiger partial charge in [0.05, 0.1) is 0 Å². The summed E-state index contributed by atoms with van der Waals surface area (Å²) < 4.78 is 5.41. The molecule has 0 heterocycles. The van der Waals surface area contributed by atoms with Gasteiger partial charge in [0, 0.05) is 5.92 Å². The second kappa shape index (κ2) is 6.91. The van der Waals surface area contributed by atoms with E-state index >= 15 is 0 Å². The highest BCUT2D eigenvalue weighted by Crippen LogP contribution is 2.44. The Morgan fingerprint density at radius 1 is 1.11 bits per heavy atom. The van der Waals surface area contributed by atoms with Crippen LogP contribution in [0.5, 0.6) is 0 Å². The third-order valence-electron chi connectivity index (χ3n) is 5.38. The van der Waals surface area contributed by atoms with Crippen LogP contribution in [-0.4, -0.2) is 29.8 Å². The molecule has 2 aromatic rings. The van der Waals surface area contributed by atoms with E-state index in [4.69, 9.17) is 4.74 Å². The molecular formula is C22H21NO4. The second-order valence-electron chi connectivity index (χ2n) is 7.16. The Morgan fingerprint density at radius 3 is 2.19 bits per heavy atom. The Labute approximate surface area is 157 Å². The number of carboxylic acid groups (broad SMARTS) is 1. The molecule has 5 heteroatoms. The molecule has 2 N–H and O–H groups in total. The minimum Gasteiger partial charge on any atom is -0.480 e. The van der Waals surface area contributed by atoms with Crippen LogP contribution in [-0.2, 0) is 9.53 Å². The van der Waals surface area contributed by atoms with Crippen LogP contribution in [0.4, 0.5) is 4.79 Å².